The van der Waals surface area contributed by atoms with E-state index in [0.717, 1.165) is 12.8 Å². The average molecular weight is 265 g/mol. The monoisotopic (exact) mass is 265 g/mol. The number of aromatic nitrogens is 1. The first-order valence-electron chi connectivity index (χ1n) is 6.43. The van der Waals surface area contributed by atoms with E-state index in [1.165, 1.54) is 12.3 Å². The molecule has 0 saturated carbocycles. The van der Waals surface area contributed by atoms with Gasteiger partial charge in [0.15, 0.2) is 0 Å². The summed E-state index contributed by atoms with van der Waals surface area (Å²) in [6.07, 6.45) is 3.53. The van der Waals surface area contributed by atoms with Crippen LogP contribution >= 0.6 is 0 Å². The fourth-order valence-corrected chi connectivity index (χ4v) is 2.05. The summed E-state index contributed by atoms with van der Waals surface area (Å²) in [5.41, 5.74) is 0.0350. The van der Waals surface area contributed by atoms with Gasteiger partial charge in [-0.1, -0.05) is 0 Å². The van der Waals surface area contributed by atoms with Crippen LogP contribution in [-0.2, 0) is 4.74 Å². The third-order valence-corrected chi connectivity index (χ3v) is 3.32. The fourth-order valence-electron chi connectivity index (χ4n) is 2.05. The van der Waals surface area contributed by atoms with Gasteiger partial charge in [0.25, 0.3) is 0 Å². The Labute approximate surface area is 112 Å². The Balaban J connectivity index is 1.91. The van der Waals surface area contributed by atoms with Crippen LogP contribution in [0.25, 0.3) is 0 Å². The van der Waals surface area contributed by atoms with Crippen molar-refractivity contribution in [3.05, 3.63) is 23.9 Å². The average Bonchev–Trinajstić information content (AvgIpc) is 2.38. The van der Waals surface area contributed by atoms with Gasteiger partial charge in [-0.05, 0) is 38.8 Å². The maximum Gasteiger partial charge on any atom is 0.341 e. The molecule has 0 bridgehead atoms. The quantitative estimate of drug-likeness (QED) is 0.905. The summed E-state index contributed by atoms with van der Waals surface area (Å²) in [4.78, 5) is 15.0. The van der Waals surface area contributed by atoms with Crippen molar-refractivity contribution >= 4 is 5.97 Å². The number of carbonyl (C=O) groups is 1. The first-order valence-corrected chi connectivity index (χ1v) is 6.43. The van der Waals surface area contributed by atoms with Crippen LogP contribution in [0, 0.1) is 5.92 Å². The van der Waals surface area contributed by atoms with Crippen LogP contribution < -0.4 is 4.74 Å². The number of rotatable bonds is 4. The predicted octanol–water partition coefficient (Wildman–Crippen LogP) is 2.36. The molecule has 0 amide bonds. The van der Waals surface area contributed by atoms with E-state index in [2.05, 4.69) is 18.8 Å². The number of pyridine rings is 1. The van der Waals surface area contributed by atoms with Crippen molar-refractivity contribution in [1.82, 2.24) is 4.98 Å². The molecule has 1 unspecified atom stereocenters. The number of aromatic carboxylic acids is 1. The molecule has 0 aliphatic carbocycles. The number of ether oxygens (including phenoxy) is 2. The number of carboxylic acids is 1. The van der Waals surface area contributed by atoms with Gasteiger partial charge in [0.1, 0.15) is 5.56 Å². The first-order chi connectivity index (χ1) is 8.98. The molecule has 2 rings (SSSR count). The molecule has 0 aromatic carbocycles. The van der Waals surface area contributed by atoms with Crippen molar-refractivity contribution in [2.45, 2.75) is 32.3 Å². The molecule has 1 fully saturated rings. The van der Waals surface area contributed by atoms with Crippen LogP contribution in [0.4, 0.5) is 0 Å². The number of hydrogen-bond donors (Lipinski definition) is 1. The van der Waals surface area contributed by atoms with Crippen molar-refractivity contribution in [2.24, 2.45) is 5.92 Å². The van der Waals surface area contributed by atoms with Crippen LogP contribution in [0.1, 0.15) is 37.0 Å². The lowest BCUT2D eigenvalue weighted by Crippen LogP contribution is -2.35. The summed E-state index contributed by atoms with van der Waals surface area (Å²) < 4.78 is 11.3. The maximum atomic E-state index is 11.0. The summed E-state index contributed by atoms with van der Waals surface area (Å²) in [7, 11) is 0. The van der Waals surface area contributed by atoms with Crippen LogP contribution in [0.5, 0.6) is 5.88 Å². The number of hydrogen-bond acceptors (Lipinski definition) is 4. The molecule has 1 aromatic rings. The zero-order valence-corrected chi connectivity index (χ0v) is 11.3. The van der Waals surface area contributed by atoms with E-state index in [9.17, 15) is 4.79 Å². The molecule has 104 valence electrons. The van der Waals surface area contributed by atoms with Crippen molar-refractivity contribution in [3.8, 4) is 5.88 Å². The Bertz CT molecular complexity index is 449. The Morgan fingerprint density at radius 1 is 1.63 bits per heavy atom. The normalized spacial score (nSPS) is 21.9. The first kappa shape index (κ1) is 13.8. The van der Waals surface area contributed by atoms with Gasteiger partial charge in [-0.3, -0.25) is 0 Å². The second-order valence-electron chi connectivity index (χ2n) is 5.45. The molecule has 1 aliphatic rings. The van der Waals surface area contributed by atoms with Crippen molar-refractivity contribution < 1.29 is 19.4 Å². The molecule has 5 heteroatoms. The SMILES string of the molecule is CC1(C)CCC(COc2ncccc2C(=O)O)CO1. The Morgan fingerprint density at radius 2 is 2.42 bits per heavy atom. The molecule has 1 aliphatic heterocycles. The minimum Gasteiger partial charge on any atom is -0.477 e. The van der Waals surface area contributed by atoms with Gasteiger partial charge < -0.3 is 14.6 Å². The van der Waals surface area contributed by atoms with Crippen LogP contribution in [0.15, 0.2) is 18.3 Å². The van der Waals surface area contributed by atoms with Gasteiger partial charge in [-0.15, -0.1) is 0 Å². The van der Waals surface area contributed by atoms with Crippen molar-refractivity contribution in [2.75, 3.05) is 13.2 Å². The molecule has 5 nitrogen and oxygen atoms in total. The van der Waals surface area contributed by atoms with E-state index in [0.29, 0.717) is 13.2 Å². The lowest BCUT2D eigenvalue weighted by molar-refractivity contribution is -0.0836. The lowest BCUT2D eigenvalue weighted by atomic mass is 9.92. The van der Waals surface area contributed by atoms with E-state index >= 15 is 0 Å². The van der Waals surface area contributed by atoms with Crippen LogP contribution in [-0.4, -0.2) is 34.9 Å². The zero-order valence-electron chi connectivity index (χ0n) is 11.3. The topological polar surface area (TPSA) is 68.7 Å². The van der Waals surface area contributed by atoms with E-state index in [1.54, 1.807) is 6.07 Å². The second kappa shape index (κ2) is 5.57. The van der Waals surface area contributed by atoms with Gasteiger partial charge in [-0.2, -0.15) is 0 Å². The number of nitrogens with zero attached hydrogens (tertiary/aromatic N) is 1. The summed E-state index contributed by atoms with van der Waals surface area (Å²) >= 11 is 0. The van der Waals surface area contributed by atoms with E-state index in [4.69, 9.17) is 14.6 Å². The Hall–Kier alpha value is -1.62. The van der Waals surface area contributed by atoms with Gasteiger partial charge in [-0.25, -0.2) is 9.78 Å². The minimum atomic E-state index is -1.02. The van der Waals surface area contributed by atoms with E-state index in [1.807, 2.05) is 0 Å². The van der Waals surface area contributed by atoms with Gasteiger partial charge >= 0.3 is 5.97 Å². The van der Waals surface area contributed by atoms with Crippen molar-refractivity contribution in [1.29, 1.82) is 0 Å². The fraction of sp³-hybridized carbons (Fsp3) is 0.571. The third kappa shape index (κ3) is 3.67. The molecule has 1 aromatic heterocycles. The summed E-state index contributed by atoms with van der Waals surface area (Å²) in [6.45, 7) is 5.23. The molecule has 1 atom stereocenters. The number of carboxylic acid groups (broad SMARTS) is 1. The molecular formula is C14H19NO4. The minimum absolute atomic E-state index is 0.0618. The van der Waals surface area contributed by atoms with Gasteiger partial charge in [0, 0.05) is 12.1 Å². The molecule has 19 heavy (non-hydrogen) atoms. The highest BCUT2D eigenvalue weighted by atomic mass is 16.5. The largest absolute Gasteiger partial charge is 0.477 e. The van der Waals surface area contributed by atoms with Crippen LogP contribution in [0.2, 0.25) is 0 Å². The standard InChI is InChI=1S/C14H19NO4/c1-14(2)6-5-10(9-19-14)8-18-12-11(13(16)17)4-3-7-15-12/h3-4,7,10H,5-6,8-9H2,1-2H3,(H,16,17). The molecule has 2 heterocycles. The Morgan fingerprint density at radius 3 is 3.05 bits per heavy atom. The highest BCUT2D eigenvalue weighted by molar-refractivity contribution is 5.90. The summed E-state index contributed by atoms with van der Waals surface area (Å²) in [6, 6.07) is 3.08. The second-order valence-corrected chi connectivity index (χ2v) is 5.45. The molecule has 0 radical (unpaired) electrons. The van der Waals surface area contributed by atoms with E-state index < -0.39 is 5.97 Å². The maximum absolute atomic E-state index is 11.0. The van der Waals surface area contributed by atoms with E-state index in [-0.39, 0.29) is 23.0 Å². The van der Waals surface area contributed by atoms with Gasteiger partial charge in [0.2, 0.25) is 5.88 Å². The van der Waals surface area contributed by atoms with Crippen molar-refractivity contribution in [3.63, 3.8) is 0 Å². The zero-order chi connectivity index (χ0) is 13.9. The van der Waals surface area contributed by atoms with Crippen LogP contribution in [0.3, 0.4) is 0 Å². The van der Waals surface area contributed by atoms with Gasteiger partial charge in [0.05, 0.1) is 18.8 Å². The summed E-state index contributed by atoms with van der Waals surface area (Å²) in [5.74, 6) is -0.555. The predicted molar refractivity (Wildman–Crippen MR) is 69.4 cm³/mol. The lowest BCUT2D eigenvalue weighted by Gasteiger charge is -2.34. The molecule has 0 spiro atoms. The summed E-state index contributed by atoms with van der Waals surface area (Å²) in [5, 5.41) is 9.03. The molecule has 1 N–H and O–H groups in total. The smallest absolute Gasteiger partial charge is 0.341 e. The molecular weight excluding hydrogens is 246 g/mol. The molecule has 1 saturated heterocycles. The Kier molecular flexibility index (Phi) is 4.04. The highest BCUT2D eigenvalue weighted by Gasteiger charge is 2.28. The highest BCUT2D eigenvalue weighted by Crippen LogP contribution is 2.27. The third-order valence-electron chi connectivity index (χ3n) is 3.32.